The predicted molar refractivity (Wildman–Crippen MR) is 116 cm³/mol. The summed E-state index contributed by atoms with van der Waals surface area (Å²) in [5, 5.41) is 0.778. The Labute approximate surface area is 176 Å². The number of nitrogens with one attached hydrogen (secondary N) is 1. The molecule has 4 rings (SSSR count). The molecule has 0 saturated carbocycles. The lowest BCUT2D eigenvalue weighted by molar-refractivity contribution is 0.104. The zero-order valence-electron chi connectivity index (χ0n) is 16.1. The topological polar surface area (TPSA) is 128 Å². The van der Waals surface area contributed by atoms with Gasteiger partial charge < -0.3 is 5.73 Å². The van der Waals surface area contributed by atoms with Gasteiger partial charge in [0.15, 0.2) is 0 Å². The van der Waals surface area contributed by atoms with Crippen LogP contribution in [0.1, 0.15) is 26.5 Å². The number of ketones is 1. The second-order valence-electron chi connectivity index (χ2n) is 6.64. The maximum atomic E-state index is 13.0. The van der Waals surface area contributed by atoms with Crippen molar-refractivity contribution in [1.29, 1.82) is 0 Å². The standard InChI is InChI=1S/C20H17N5O3S2/c1-11-10-12(2)24-19-15(11)16(21)18(29-19)17(26)13-4-6-14(7-5-13)30(27,28)25-20-22-8-3-9-23-20/h3-10H,21H2,1-2H3,(H,22,23,25). The molecular weight excluding hydrogens is 422 g/mol. The first-order valence-corrected chi connectivity index (χ1v) is 11.2. The molecule has 0 fully saturated rings. The quantitative estimate of drug-likeness (QED) is 0.457. The third kappa shape index (κ3) is 3.62. The van der Waals surface area contributed by atoms with Crippen LogP contribution in [0.25, 0.3) is 10.2 Å². The zero-order chi connectivity index (χ0) is 21.5. The fraction of sp³-hybridized carbons (Fsp3) is 0.100. The number of anilines is 2. The molecule has 1 aromatic carbocycles. The number of pyridine rings is 1. The highest BCUT2D eigenvalue weighted by atomic mass is 32.2. The molecule has 0 aliphatic rings. The lowest BCUT2D eigenvalue weighted by atomic mass is 10.1. The van der Waals surface area contributed by atoms with Crippen LogP contribution in [0, 0.1) is 13.8 Å². The molecule has 0 spiro atoms. The van der Waals surface area contributed by atoms with Crippen LogP contribution in [-0.2, 0) is 10.0 Å². The number of nitrogens with two attached hydrogens (primary N) is 1. The van der Waals surface area contributed by atoms with E-state index in [4.69, 9.17) is 5.73 Å². The predicted octanol–water partition coefficient (Wildman–Crippen LogP) is 3.32. The molecule has 3 heterocycles. The Morgan fingerprint density at radius 3 is 2.43 bits per heavy atom. The van der Waals surface area contributed by atoms with E-state index in [2.05, 4.69) is 19.7 Å². The lowest BCUT2D eigenvalue weighted by Gasteiger charge is -2.07. The van der Waals surface area contributed by atoms with Crippen molar-refractivity contribution in [1.82, 2.24) is 15.0 Å². The van der Waals surface area contributed by atoms with E-state index in [9.17, 15) is 13.2 Å². The van der Waals surface area contributed by atoms with E-state index >= 15 is 0 Å². The molecule has 0 unspecified atom stereocenters. The summed E-state index contributed by atoms with van der Waals surface area (Å²) in [7, 11) is -3.88. The first-order valence-electron chi connectivity index (χ1n) is 8.87. The van der Waals surface area contributed by atoms with Crippen LogP contribution in [0.15, 0.2) is 53.7 Å². The molecule has 10 heteroatoms. The number of nitrogens with zero attached hydrogens (tertiary/aromatic N) is 3. The Kier molecular flexibility index (Phi) is 4.96. The van der Waals surface area contributed by atoms with E-state index in [1.807, 2.05) is 19.9 Å². The van der Waals surface area contributed by atoms with Gasteiger partial charge in [-0.05, 0) is 55.8 Å². The van der Waals surface area contributed by atoms with Crippen LogP contribution >= 0.6 is 11.3 Å². The molecule has 0 amide bonds. The highest BCUT2D eigenvalue weighted by Crippen LogP contribution is 2.36. The van der Waals surface area contributed by atoms with Crippen LogP contribution in [0.4, 0.5) is 11.6 Å². The Balaban J connectivity index is 1.65. The minimum atomic E-state index is -3.88. The minimum Gasteiger partial charge on any atom is -0.397 e. The zero-order valence-corrected chi connectivity index (χ0v) is 17.7. The fourth-order valence-corrected chi connectivity index (χ4v) is 5.22. The molecule has 0 saturated heterocycles. The highest BCUT2D eigenvalue weighted by Gasteiger charge is 2.21. The molecule has 4 aromatic rings. The molecule has 8 nitrogen and oxygen atoms in total. The van der Waals surface area contributed by atoms with Crippen LogP contribution < -0.4 is 10.5 Å². The average Bonchev–Trinajstić information content (AvgIpc) is 3.04. The van der Waals surface area contributed by atoms with Gasteiger partial charge in [-0.3, -0.25) is 4.79 Å². The summed E-state index contributed by atoms with van der Waals surface area (Å²) in [6.45, 7) is 3.81. The van der Waals surface area contributed by atoms with Crippen LogP contribution in [0.2, 0.25) is 0 Å². The molecule has 0 atom stereocenters. The van der Waals surface area contributed by atoms with Gasteiger partial charge in [0.1, 0.15) is 9.71 Å². The van der Waals surface area contributed by atoms with E-state index in [0.29, 0.717) is 21.0 Å². The number of nitrogen functional groups attached to an aromatic ring is 1. The SMILES string of the molecule is Cc1cc(C)c2c(N)c(C(=O)c3ccc(S(=O)(=O)Nc4ncccn4)cc3)sc2n1. The molecule has 0 radical (unpaired) electrons. The number of hydrogen-bond donors (Lipinski definition) is 2. The largest absolute Gasteiger partial charge is 0.397 e. The minimum absolute atomic E-state index is 0.0102. The van der Waals surface area contributed by atoms with Crippen LogP contribution in [0.5, 0.6) is 0 Å². The monoisotopic (exact) mass is 439 g/mol. The lowest BCUT2D eigenvalue weighted by Crippen LogP contribution is -2.15. The number of rotatable bonds is 5. The van der Waals surface area contributed by atoms with Gasteiger partial charge in [-0.2, -0.15) is 0 Å². The van der Waals surface area contributed by atoms with Gasteiger partial charge in [0.25, 0.3) is 10.0 Å². The van der Waals surface area contributed by atoms with Gasteiger partial charge >= 0.3 is 0 Å². The van der Waals surface area contributed by atoms with E-state index < -0.39 is 10.0 Å². The molecule has 0 aliphatic heterocycles. The van der Waals surface area contributed by atoms with Gasteiger partial charge in [0.2, 0.25) is 11.7 Å². The van der Waals surface area contributed by atoms with Crippen molar-refractivity contribution >= 4 is 49.0 Å². The van der Waals surface area contributed by atoms with E-state index in [-0.39, 0.29) is 16.6 Å². The summed E-state index contributed by atoms with van der Waals surface area (Å²) >= 11 is 1.23. The fourth-order valence-electron chi connectivity index (χ4n) is 3.09. The van der Waals surface area contributed by atoms with Crippen molar-refractivity contribution in [2.75, 3.05) is 10.5 Å². The highest BCUT2D eigenvalue weighted by molar-refractivity contribution is 7.92. The number of thiophene rings is 1. The summed E-state index contributed by atoms with van der Waals surface area (Å²) in [5.41, 5.74) is 8.78. The van der Waals surface area contributed by atoms with Gasteiger partial charge in [-0.15, -0.1) is 11.3 Å². The molecule has 3 N–H and O–H groups in total. The third-order valence-electron chi connectivity index (χ3n) is 4.45. The molecule has 0 aliphatic carbocycles. The molecule has 152 valence electrons. The summed E-state index contributed by atoms with van der Waals surface area (Å²) in [4.78, 5) is 26.2. The van der Waals surface area contributed by atoms with Crippen molar-refractivity contribution in [3.8, 4) is 0 Å². The molecule has 0 bridgehead atoms. The Morgan fingerprint density at radius 2 is 1.77 bits per heavy atom. The summed E-state index contributed by atoms with van der Waals surface area (Å²) in [6.07, 6.45) is 2.86. The van der Waals surface area contributed by atoms with Gasteiger partial charge in [0, 0.05) is 29.0 Å². The number of aromatic nitrogens is 3. The molecular formula is C20H17N5O3S2. The Morgan fingerprint density at radius 1 is 1.10 bits per heavy atom. The number of carbonyl (C=O) groups excluding carboxylic acids is 1. The van der Waals surface area contributed by atoms with Gasteiger partial charge in [0.05, 0.1) is 10.6 Å². The Bertz CT molecular complexity index is 1370. The van der Waals surface area contributed by atoms with Gasteiger partial charge in [-0.1, -0.05) is 0 Å². The van der Waals surface area contributed by atoms with E-state index in [1.54, 1.807) is 6.07 Å². The van der Waals surface area contributed by atoms with Crippen LogP contribution in [0.3, 0.4) is 0 Å². The second-order valence-corrected chi connectivity index (χ2v) is 9.32. The van der Waals surface area contributed by atoms with Gasteiger partial charge in [-0.25, -0.2) is 28.1 Å². The van der Waals surface area contributed by atoms with Crippen molar-refractivity contribution in [3.63, 3.8) is 0 Å². The first kappa shape index (κ1) is 19.9. The van der Waals surface area contributed by atoms with Crippen molar-refractivity contribution in [2.24, 2.45) is 0 Å². The molecule has 3 aromatic heterocycles. The Hall–Kier alpha value is -3.37. The smallest absolute Gasteiger partial charge is 0.264 e. The van der Waals surface area contributed by atoms with Crippen molar-refractivity contribution in [3.05, 3.63) is 70.5 Å². The van der Waals surface area contributed by atoms with E-state index in [0.717, 1.165) is 16.6 Å². The van der Waals surface area contributed by atoms with Crippen molar-refractivity contribution in [2.45, 2.75) is 18.7 Å². The summed E-state index contributed by atoms with van der Waals surface area (Å²) in [5.74, 6) is -0.315. The summed E-state index contributed by atoms with van der Waals surface area (Å²) in [6, 6.07) is 9.13. The molecule has 30 heavy (non-hydrogen) atoms. The number of carbonyl (C=O) groups is 1. The number of benzene rings is 1. The number of aryl methyl sites for hydroxylation is 2. The maximum Gasteiger partial charge on any atom is 0.264 e. The van der Waals surface area contributed by atoms with Crippen molar-refractivity contribution < 1.29 is 13.2 Å². The number of hydrogen-bond acceptors (Lipinski definition) is 8. The average molecular weight is 440 g/mol. The van der Waals surface area contributed by atoms with E-state index in [1.165, 1.54) is 48.0 Å². The maximum absolute atomic E-state index is 13.0. The van der Waals surface area contributed by atoms with Crippen LogP contribution in [-0.4, -0.2) is 29.2 Å². The number of fused-ring (bicyclic) bond motifs is 1. The normalized spacial score (nSPS) is 11.5. The number of sulfonamides is 1. The second kappa shape index (κ2) is 7.47. The third-order valence-corrected chi connectivity index (χ3v) is 6.89. The first-order chi connectivity index (χ1) is 14.3. The summed E-state index contributed by atoms with van der Waals surface area (Å²) < 4.78 is 27.3.